The second kappa shape index (κ2) is 8.06. The molecule has 1 aromatic carbocycles. The van der Waals surface area contributed by atoms with Crippen LogP contribution in [0.25, 0.3) is 0 Å². The third-order valence-electron chi connectivity index (χ3n) is 7.65. The van der Waals surface area contributed by atoms with Gasteiger partial charge >= 0.3 is 5.97 Å². The molecule has 0 amide bonds. The molecule has 1 saturated heterocycles. The lowest BCUT2D eigenvalue weighted by Gasteiger charge is -2.46. The van der Waals surface area contributed by atoms with Gasteiger partial charge in [-0.2, -0.15) is 0 Å². The summed E-state index contributed by atoms with van der Waals surface area (Å²) in [5.41, 5.74) is 3.66. The molecule has 0 spiro atoms. The van der Waals surface area contributed by atoms with Crippen molar-refractivity contribution in [3.8, 4) is 5.75 Å². The number of rotatable bonds is 5. The van der Waals surface area contributed by atoms with E-state index in [0.29, 0.717) is 38.0 Å². The number of phenolic OH excluding ortho intramolecular Hbond substituents is 1. The minimum Gasteiger partial charge on any atom is -0.507 e. The molecule has 0 saturated carbocycles. The van der Waals surface area contributed by atoms with E-state index in [2.05, 4.69) is 6.92 Å². The Hall–Kier alpha value is -2.18. The lowest BCUT2D eigenvalue weighted by molar-refractivity contribution is -0.162. The lowest BCUT2D eigenvalue weighted by Crippen LogP contribution is -2.43. The summed E-state index contributed by atoms with van der Waals surface area (Å²) in [5.74, 6) is -0.183. The summed E-state index contributed by atoms with van der Waals surface area (Å²) < 4.78 is 16.7. The first-order valence-electron chi connectivity index (χ1n) is 11.5. The first kappa shape index (κ1) is 20.7. The predicted octanol–water partition coefficient (Wildman–Crippen LogP) is 3.98. The zero-order valence-corrected chi connectivity index (χ0v) is 18.1. The van der Waals surface area contributed by atoms with Crippen molar-refractivity contribution in [1.82, 2.24) is 0 Å². The van der Waals surface area contributed by atoms with Gasteiger partial charge in [-0.3, -0.25) is 4.79 Å². The number of cyclic esters (lactones) is 1. The van der Waals surface area contributed by atoms with Gasteiger partial charge in [0.05, 0.1) is 12.2 Å². The number of hydrogen-bond donors (Lipinski definition) is 1. The maximum Gasteiger partial charge on any atom is 0.334 e. The van der Waals surface area contributed by atoms with E-state index in [0.717, 1.165) is 61.0 Å². The number of aromatic hydroxyl groups is 1. The van der Waals surface area contributed by atoms with E-state index in [1.165, 1.54) is 0 Å². The molecule has 2 aliphatic heterocycles. The normalized spacial score (nSPS) is 30.0. The van der Waals surface area contributed by atoms with E-state index in [1.807, 2.05) is 12.1 Å². The number of aryl methyl sites for hydroxylation is 1. The van der Waals surface area contributed by atoms with Gasteiger partial charge in [0.25, 0.3) is 0 Å². The topological polar surface area (TPSA) is 82.1 Å². The summed E-state index contributed by atoms with van der Waals surface area (Å²) in [6, 6.07) is 3.97. The number of benzene rings is 1. The molecule has 4 aliphatic rings. The number of ketones is 1. The monoisotopic (exact) mass is 426 g/mol. The highest BCUT2D eigenvalue weighted by Crippen LogP contribution is 2.54. The zero-order chi connectivity index (χ0) is 21.6. The van der Waals surface area contributed by atoms with Gasteiger partial charge in [0.2, 0.25) is 0 Å². The van der Waals surface area contributed by atoms with Crippen LogP contribution >= 0.6 is 0 Å². The van der Waals surface area contributed by atoms with Gasteiger partial charge in [-0.25, -0.2) is 4.79 Å². The highest BCUT2D eigenvalue weighted by Gasteiger charge is 2.51. The van der Waals surface area contributed by atoms with E-state index in [1.54, 1.807) is 0 Å². The van der Waals surface area contributed by atoms with Crippen LogP contribution in [-0.4, -0.2) is 43.0 Å². The molecule has 3 atom stereocenters. The van der Waals surface area contributed by atoms with Crippen molar-refractivity contribution in [2.75, 3.05) is 19.8 Å². The summed E-state index contributed by atoms with van der Waals surface area (Å²) >= 11 is 0. The van der Waals surface area contributed by atoms with Gasteiger partial charge in [-0.05, 0) is 61.6 Å². The van der Waals surface area contributed by atoms with E-state index in [9.17, 15) is 14.7 Å². The van der Waals surface area contributed by atoms with Crippen molar-refractivity contribution in [3.63, 3.8) is 0 Å². The van der Waals surface area contributed by atoms with Gasteiger partial charge in [0.15, 0.2) is 12.1 Å². The first-order chi connectivity index (χ1) is 15.0. The fourth-order valence-corrected chi connectivity index (χ4v) is 5.84. The fraction of sp³-hybridized carbons (Fsp3) is 0.600. The molecule has 6 nitrogen and oxygen atoms in total. The molecule has 166 valence electrons. The smallest absolute Gasteiger partial charge is 0.334 e. The van der Waals surface area contributed by atoms with Crippen LogP contribution in [0.4, 0.5) is 0 Å². The van der Waals surface area contributed by atoms with Gasteiger partial charge in [0.1, 0.15) is 12.4 Å². The Balaban J connectivity index is 1.34. The Morgan fingerprint density at radius 1 is 1.26 bits per heavy atom. The molecular formula is C25H30O6. The summed E-state index contributed by atoms with van der Waals surface area (Å²) in [7, 11) is 0. The molecule has 6 heteroatoms. The molecule has 1 aromatic rings. The van der Waals surface area contributed by atoms with Crippen LogP contribution in [0.15, 0.2) is 23.3 Å². The maximum absolute atomic E-state index is 13.1. The average molecular weight is 427 g/mol. The van der Waals surface area contributed by atoms with Gasteiger partial charge in [0, 0.05) is 29.9 Å². The molecule has 2 heterocycles. The fourth-order valence-electron chi connectivity index (χ4n) is 5.84. The van der Waals surface area contributed by atoms with Crippen molar-refractivity contribution in [2.45, 2.75) is 70.0 Å². The Bertz CT molecular complexity index is 942. The minimum absolute atomic E-state index is 0.0307. The molecule has 0 bridgehead atoms. The minimum atomic E-state index is -0.270. The van der Waals surface area contributed by atoms with Gasteiger partial charge in [-0.15, -0.1) is 0 Å². The molecule has 0 radical (unpaired) electrons. The molecule has 1 unspecified atom stereocenters. The quantitative estimate of drug-likeness (QED) is 0.567. The largest absolute Gasteiger partial charge is 0.507 e. The van der Waals surface area contributed by atoms with Crippen molar-refractivity contribution in [1.29, 1.82) is 0 Å². The summed E-state index contributed by atoms with van der Waals surface area (Å²) in [5, 5.41) is 11.0. The SMILES string of the molecule is C[C@]12CCC3=C(COC3=O)[C@@H]1CC(=O)c1c2ccc(CCCOC2CCCCO2)c1O. The van der Waals surface area contributed by atoms with Crippen LogP contribution in [0.5, 0.6) is 5.75 Å². The highest BCUT2D eigenvalue weighted by molar-refractivity contribution is 6.03. The second-order valence-corrected chi connectivity index (χ2v) is 9.44. The van der Waals surface area contributed by atoms with Crippen LogP contribution in [-0.2, 0) is 30.8 Å². The highest BCUT2D eigenvalue weighted by atomic mass is 16.7. The molecule has 5 rings (SSSR count). The van der Waals surface area contributed by atoms with Crippen molar-refractivity contribution < 1.29 is 28.9 Å². The van der Waals surface area contributed by atoms with Gasteiger partial charge in [-0.1, -0.05) is 19.1 Å². The van der Waals surface area contributed by atoms with E-state index >= 15 is 0 Å². The van der Waals surface area contributed by atoms with Crippen LogP contribution in [0.1, 0.15) is 73.4 Å². The van der Waals surface area contributed by atoms with Crippen LogP contribution in [0, 0.1) is 5.92 Å². The third kappa shape index (κ3) is 3.50. The van der Waals surface area contributed by atoms with E-state index < -0.39 is 0 Å². The second-order valence-electron chi connectivity index (χ2n) is 9.44. The Kier molecular flexibility index (Phi) is 5.39. The standard InChI is InChI=1S/C25H30O6/c1-25-10-9-16-17(14-31-24(16)28)19(25)13-20(26)22-18(25)8-7-15(23(22)27)5-4-12-30-21-6-2-3-11-29-21/h7-8,19,21,27H,2-6,9-14H2,1H3/t19-,21?,25+/m0/s1. The molecular weight excluding hydrogens is 396 g/mol. The number of ether oxygens (including phenoxy) is 3. The van der Waals surface area contributed by atoms with Crippen LogP contribution in [0.3, 0.4) is 0 Å². The Morgan fingerprint density at radius 3 is 2.94 bits per heavy atom. The third-order valence-corrected chi connectivity index (χ3v) is 7.65. The molecule has 1 N–H and O–H groups in total. The van der Waals surface area contributed by atoms with Crippen LogP contribution < -0.4 is 0 Å². The average Bonchev–Trinajstić information content (AvgIpc) is 3.15. The van der Waals surface area contributed by atoms with Crippen molar-refractivity contribution in [3.05, 3.63) is 40.0 Å². The number of carbonyl (C=O) groups excluding carboxylic acids is 2. The number of phenols is 1. The summed E-state index contributed by atoms with van der Waals surface area (Å²) in [6.07, 6.45) is 6.23. The van der Waals surface area contributed by atoms with Crippen molar-refractivity contribution >= 4 is 11.8 Å². The van der Waals surface area contributed by atoms with Crippen molar-refractivity contribution in [2.24, 2.45) is 5.92 Å². The molecule has 1 fully saturated rings. The Morgan fingerprint density at radius 2 is 2.13 bits per heavy atom. The van der Waals surface area contributed by atoms with Crippen LogP contribution in [0.2, 0.25) is 0 Å². The number of fused-ring (bicyclic) bond motifs is 4. The first-order valence-corrected chi connectivity index (χ1v) is 11.5. The maximum atomic E-state index is 13.1. The molecule has 2 aliphatic carbocycles. The summed E-state index contributed by atoms with van der Waals surface area (Å²) in [4.78, 5) is 25.1. The van der Waals surface area contributed by atoms with E-state index in [4.69, 9.17) is 14.2 Å². The number of hydrogen-bond acceptors (Lipinski definition) is 6. The zero-order valence-electron chi connectivity index (χ0n) is 18.1. The molecule has 0 aromatic heterocycles. The number of esters is 1. The predicted molar refractivity (Wildman–Crippen MR) is 113 cm³/mol. The number of carbonyl (C=O) groups is 2. The number of Topliss-reactive ketones (excluding diaryl/α,β-unsaturated/α-hetero) is 1. The summed E-state index contributed by atoms with van der Waals surface area (Å²) in [6.45, 7) is 3.79. The van der Waals surface area contributed by atoms with Gasteiger partial charge < -0.3 is 19.3 Å². The van der Waals surface area contributed by atoms with E-state index in [-0.39, 0.29) is 35.1 Å². The molecule has 31 heavy (non-hydrogen) atoms. The Labute approximate surface area is 182 Å². The lowest BCUT2D eigenvalue weighted by atomic mass is 9.56.